The molecule has 2 aromatic carbocycles. The molecule has 1 fully saturated rings. The van der Waals surface area contributed by atoms with Crippen molar-refractivity contribution in [3.8, 4) is 0 Å². The third-order valence-electron chi connectivity index (χ3n) is 4.71. The van der Waals surface area contributed by atoms with Gasteiger partial charge in [-0.1, -0.05) is 47.2 Å². The number of hydrogen-bond donors (Lipinski definition) is 0. The number of benzene rings is 2. The molecule has 0 radical (unpaired) electrons. The highest BCUT2D eigenvalue weighted by atomic mass is 16.2. The maximum atomic E-state index is 12.9. The second-order valence-electron chi connectivity index (χ2n) is 6.47. The van der Waals surface area contributed by atoms with E-state index in [1.54, 1.807) is 29.3 Å². The van der Waals surface area contributed by atoms with Gasteiger partial charge in [-0.05, 0) is 37.1 Å². The fourth-order valence-electron chi connectivity index (χ4n) is 3.33. The molecule has 0 aliphatic carbocycles. The van der Waals surface area contributed by atoms with Crippen molar-refractivity contribution < 1.29 is 9.59 Å². The van der Waals surface area contributed by atoms with Crippen LogP contribution in [0.4, 0.5) is 5.69 Å². The largest absolute Gasteiger partial charge is 0.271 e. The first-order valence-electron chi connectivity index (χ1n) is 8.22. The van der Waals surface area contributed by atoms with Gasteiger partial charge in [0.15, 0.2) is 12.1 Å². The van der Waals surface area contributed by atoms with Gasteiger partial charge in [-0.3, -0.25) is 14.6 Å². The highest BCUT2D eigenvalue weighted by Gasteiger charge is 2.54. The maximum absolute atomic E-state index is 12.9. The van der Waals surface area contributed by atoms with Crippen LogP contribution in [0, 0.1) is 13.8 Å². The summed E-state index contributed by atoms with van der Waals surface area (Å²) in [5.74, 6) is -0.579. The fourth-order valence-corrected chi connectivity index (χ4v) is 3.33. The van der Waals surface area contributed by atoms with Crippen molar-refractivity contribution in [3.63, 3.8) is 0 Å². The standard InChI is InChI=1S/C19H18N4O2/c1-12-8-9-13(2)14(10-12)11-22-17-16(20-21-22)18(24)23(19(17)25)15-6-4-3-5-7-15/h3-10,16-17H,11H2,1-2H3/t16-,17-/m0/s1. The number of carbonyl (C=O) groups excluding carboxylic acids is 2. The molecule has 0 spiro atoms. The van der Waals surface area contributed by atoms with E-state index in [0.29, 0.717) is 12.2 Å². The number of nitrogens with zero attached hydrogens (tertiary/aromatic N) is 4. The molecule has 6 nitrogen and oxygen atoms in total. The molecule has 0 saturated carbocycles. The van der Waals surface area contributed by atoms with E-state index in [1.807, 2.05) is 26.0 Å². The zero-order valence-corrected chi connectivity index (χ0v) is 14.1. The number of aryl methyl sites for hydroxylation is 2. The highest BCUT2D eigenvalue weighted by molar-refractivity contribution is 6.25. The predicted octanol–water partition coefficient (Wildman–Crippen LogP) is 2.80. The quantitative estimate of drug-likeness (QED) is 0.811. The van der Waals surface area contributed by atoms with Gasteiger partial charge in [0.05, 0.1) is 12.2 Å². The molecule has 1 saturated heterocycles. The molecule has 4 rings (SSSR count). The number of imide groups is 1. The molecule has 2 aromatic rings. The van der Waals surface area contributed by atoms with E-state index in [4.69, 9.17) is 0 Å². The van der Waals surface area contributed by atoms with E-state index in [0.717, 1.165) is 16.7 Å². The summed E-state index contributed by atoms with van der Waals surface area (Å²) in [5.41, 5.74) is 3.93. The summed E-state index contributed by atoms with van der Waals surface area (Å²) in [5, 5.41) is 9.81. The van der Waals surface area contributed by atoms with Gasteiger partial charge >= 0.3 is 0 Å². The lowest BCUT2D eigenvalue weighted by Gasteiger charge is -2.21. The van der Waals surface area contributed by atoms with Crippen molar-refractivity contribution in [2.75, 3.05) is 4.90 Å². The zero-order valence-electron chi connectivity index (χ0n) is 14.1. The maximum Gasteiger partial charge on any atom is 0.263 e. The molecular weight excluding hydrogens is 316 g/mol. The summed E-state index contributed by atoms with van der Waals surface area (Å²) >= 11 is 0. The second kappa shape index (κ2) is 5.81. The van der Waals surface area contributed by atoms with Crippen LogP contribution in [-0.2, 0) is 16.1 Å². The summed E-state index contributed by atoms with van der Waals surface area (Å²) < 4.78 is 0. The van der Waals surface area contributed by atoms with Crippen molar-refractivity contribution >= 4 is 17.5 Å². The van der Waals surface area contributed by atoms with Crippen LogP contribution in [0.1, 0.15) is 16.7 Å². The average molecular weight is 334 g/mol. The van der Waals surface area contributed by atoms with Gasteiger partial charge in [0.25, 0.3) is 11.8 Å². The number of amides is 2. The Kier molecular flexibility index (Phi) is 3.60. The normalized spacial score (nSPS) is 22.0. The number of rotatable bonds is 3. The fraction of sp³-hybridized carbons (Fsp3) is 0.263. The van der Waals surface area contributed by atoms with Gasteiger partial charge in [0, 0.05) is 0 Å². The lowest BCUT2D eigenvalue weighted by Crippen LogP contribution is -2.39. The molecular formula is C19H18N4O2. The SMILES string of the molecule is Cc1ccc(C)c(CN2N=N[C@@H]3C(=O)N(c4ccccc4)C(=O)[C@H]32)c1. The van der Waals surface area contributed by atoms with E-state index in [-0.39, 0.29) is 11.8 Å². The van der Waals surface area contributed by atoms with Crippen LogP contribution in [0.15, 0.2) is 58.9 Å². The van der Waals surface area contributed by atoms with Crippen molar-refractivity contribution in [1.29, 1.82) is 0 Å². The molecule has 2 heterocycles. The van der Waals surface area contributed by atoms with E-state index < -0.39 is 12.1 Å². The molecule has 2 amide bonds. The Morgan fingerprint density at radius 2 is 1.76 bits per heavy atom. The van der Waals surface area contributed by atoms with Gasteiger partial charge in [-0.25, -0.2) is 4.90 Å². The minimum Gasteiger partial charge on any atom is -0.271 e. The van der Waals surface area contributed by atoms with Crippen LogP contribution >= 0.6 is 0 Å². The minimum atomic E-state index is -0.752. The van der Waals surface area contributed by atoms with Gasteiger partial charge < -0.3 is 0 Å². The Hall–Kier alpha value is -3.02. The van der Waals surface area contributed by atoms with Crippen molar-refractivity contribution in [1.82, 2.24) is 5.01 Å². The Morgan fingerprint density at radius 3 is 2.52 bits per heavy atom. The first-order chi connectivity index (χ1) is 12.1. The van der Waals surface area contributed by atoms with Crippen LogP contribution in [0.5, 0.6) is 0 Å². The van der Waals surface area contributed by atoms with Gasteiger partial charge in [0.1, 0.15) is 0 Å². The monoisotopic (exact) mass is 334 g/mol. The zero-order chi connectivity index (χ0) is 17.6. The highest BCUT2D eigenvalue weighted by Crippen LogP contribution is 2.32. The lowest BCUT2D eigenvalue weighted by atomic mass is 10.0. The lowest BCUT2D eigenvalue weighted by molar-refractivity contribution is -0.123. The first kappa shape index (κ1) is 15.5. The summed E-state index contributed by atoms with van der Waals surface area (Å²) in [6.07, 6.45) is 0. The number of hydrogen-bond acceptors (Lipinski definition) is 5. The summed E-state index contributed by atoms with van der Waals surface area (Å²) in [4.78, 5) is 26.8. The second-order valence-corrected chi connectivity index (χ2v) is 6.47. The van der Waals surface area contributed by atoms with Gasteiger partial charge in [0.2, 0.25) is 0 Å². The van der Waals surface area contributed by atoms with Crippen molar-refractivity contribution in [3.05, 3.63) is 65.2 Å². The smallest absolute Gasteiger partial charge is 0.263 e. The predicted molar refractivity (Wildman–Crippen MR) is 92.8 cm³/mol. The Bertz CT molecular complexity index is 878. The third-order valence-corrected chi connectivity index (χ3v) is 4.71. The number of anilines is 1. The third kappa shape index (κ3) is 2.50. The number of para-hydroxylation sites is 1. The minimum absolute atomic E-state index is 0.267. The molecule has 0 unspecified atom stereocenters. The molecule has 0 N–H and O–H groups in total. The summed E-state index contributed by atoms with van der Waals surface area (Å²) in [7, 11) is 0. The Morgan fingerprint density at radius 1 is 1.00 bits per heavy atom. The molecule has 2 atom stereocenters. The van der Waals surface area contributed by atoms with E-state index in [9.17, 15) is 9.59 Å². The topological polar surface area (TPSA) is 65.3 Å². The van der Waals surface area contributed by atoms with Gasteiger partial charge in [-0.15, -0.1) is 0 Å². The van der Waals surface area contributed by atoms with Gasteiger partial charge in [-0.2, -0.15) is 5.11 Å². The first-order valence-corrected chi connectivity index (χ1v) is 8.22. The van der Waals surface area contributed by atoms with Crippen molar-refractivity contribution in [2.45, 2.75) is 32.5 Å². The van der Waals surface area contributed by atoms with Crippen molar-refractivity contribution in [2.24, 2.45) is 10.3 Å². The summed E-state index contributed by atoms with van der Waals surface area (Å²) in [6, 6.07) is 13.7. The Labute approximate surface area is 145 Å². The molecule has 2 aliphatic rings. The molecule has 2 aliphatic heterocycles. The molecule has 0 aromatic heterocycles. The molecule has 0 bridgehead atoms. The average Bonchev–Trinajstić information content (AvgIpc) is 3.12. The van der Waals surface area contributed by atoms with E-state index >= 15 is 0 Å². The van der Waals surface area contributed by atoms with Crippen LogP contribution in [-0.4, -0.2) is 28.9 Å². The summed E-state index contributed by atoms with van der Waals surface area (Å²) in [6.45, 7) is 4.51. The van der Waals surface area contributed by atoms with E-state index in [2.05, 4.69) is 22.5 Å². The molecule has 126 valence electrons. The number of carbonyl (C=O) groups is 2. The van der Waals surface area contributed by atoms with Crippen LogP contribution in [0.2, 0.25) is 0 Å². The molecule has 25 heavy (non-hydrogen) atoms. The Balaban J connectivity index is 1.62. The van der Waals surface area contributed by atoms with Crippen LogP contribution in [0.3, 0.4) is 0 Å². The number of fused-ring (bicyclic) bond motifs is 1. The molecule has 6 heteroatoms. The van der Waals surface area contributed by atoms with Crippen LogP contribution < -0.4 is 4.90 Å². The van der Waals surface area contributed by atoms with Crippen LogP contribution in [0.25, 0.3) is 0 Å². The van der Waals surface area contributed by atoms with E-state index in [1.165, 1.54) is 4.90 Å².